The Morgan fingerprint density at radius 3 is 0.644 bits per heavy atom. The van der Waals surface area contributed by atoms with Crippen LogP contribution in [0.15, 0.2) is 36.4 Å². The molecule has 3 aromatic carbocycles. The van der Waals surface area contributed by atoms with Crippen LogP contribution in [0.5, 0.6) is 51.7 Å². The third-order valence-electron chi connectivity index (χ3n) is 16.4. The fourth-order valence-electron chi connectivity index (χ4n) is 12.4. The lowest BCUT2D eigenvalue weighted by Gasteiger charge is -2.67. The average Bonchev–Trinajstić information content (AvgIpc) is 4.22. The molecule has 0 aromatic heterocycles. The zero-order chi connectivity index (χ0) is 48.1. The molecule has 3 aromatic rings. The highest BCUT2D eigenvalue weighted by molar-refractivity contribution is 5.61. The van der Waals surface area contributed by atoms with Gasteiger partial charge in [-0.2, -0.15) is 0 Å². The molecule has 18 heteroatoms. The van der Waals surface area contributed by atoms with Crippen molar-refractivity contribution in [1.29, 1.82) is 0 Å². The SMILES string of the molecule is c1c(OCC2CO2)c(OCC2CO2)cc(C23CC4CC(c5cc(OCC6CO6)c(OCC6CO6)cc5OCC5CO5)(C2)CC(c2cc(OCC5CO5)c(OCC5CO5)cc2OCC2CO2)(C4)C3)c1OCC1CO1. The molecule has 9 atom stereocenters. The van der Waals surface area contributed by atoms with E-state index in [-0.39, 0.29) is 60.9 Å². The Bertz CT molecular complexity index is 2250. The first kappa shape index (κ1) is 45.9. The number of epoxide rings is 9. The first-order chi connectivity index (χ1) is 35.9. The molecule has 9 unspecified atom stereocenters. The minimum absolute atomic E-state index is 0.0257. The van der Waals surface area contributed by atoms with Crippen LogP contribution in [0.4, 0.5) is 0 Å². The maximum absolute atomic E-state index is 6.96. The predicted octanol–water partition coefficient (Wildman–Crippen LogP) is 4.80. The summed E-state index contributed by atoms with van der Waals surface area (Å²) in [6.07, 6.45) is 5.51. The summed E-state index contributed by atoms with van der Waals surface area (Å²) in [5, 5.41) is 0. The third kappa shape index (κ3) is 10.4. The lowest BCUT2D eigenvalue weighted by molar-refractivity contribution is -0.0522. The molecule has 13 aliphatic rings. The van der Waals surface area contributed by atoms with Crippen LogP contribution >= 0.6 is 0 Å². The van der Waals surface area contributed by atoms with E-state index in [9.17, 15) is 0 Å². The quantitative estimate of drug-likeness (QED) is 0.0826. The van der Waals surface area contributed by atoms with Crippen LogP contribution in [0, 0.1) is 5.92 Å². The fraction of sp³-hybridized carbons (Fsp3) is 0.673. The van der Waals surface area contributed by atoms with Gasteiger partial charge in [-0.3, -0.25) is 0 Å². The summed E-state index contributed by atoms with van der Waals surface area (Å²) in [5.74, 6) is 6.45. The van der Waals surface area contributed by atoms with Crippen LogP contribution in [0.1, 0.15) is 55.2 Å². The van der Waals surface area contributed by atoms with Gasteiger partial charge < -0.3 is 85.3 Å². The van der Waals surface area contributed by atoms with Gasteiger partial charge in [0.2, 0.25) is 0 Å². The van der Waals surface area contributed by atoms with Crippen LogP contribution in [0.3, 0.4) is 0 Å². The van der Waals surface area contributed by atoms with Crippen molar-refractivity contribution in [3.63, 3.8) is 0 Å². The van der Waals surface area contributed by atoms with E-state index in [1.165, 1.54) is 0 Å². The maximum atomic E-state index is 6.96. The third-order valence-corrected chi connectivity index (χ3v) is 16.4. The molecule has 0 spiro atoms. The van der Waals surface area contributed by atoms with Gasteiger partial charge in [0, 0.05) is 51.1 Å². The zero-order valence-corrected chi connectivity index (χ0v) is 41.1. The van der Waals surface area contributed by atoms with Gasteiger partial charge in [0.25, 0.3) is 0 Å². The lowest BCUT2D eigenvalue weighted by Crippen LogP contribution is -2.62. The second kappa shape index (κ2) is 18.4. The number of ether oxygens (including phenoxy) is 18. The first-order valence-corrected chi connectivity index (χ1v) is 26.6. The van der Waals surface area contributed by atoms with Gasteiger partial charge in [-0.15, -0.1) is 0 Å². The Kier molecular flexibility index (Phi) is 11.5. The predicted molar refractivity (Wildman–Crippen MR) is 253 cm³/mol. The second-order valence-electron chi connectivity index (χ2n) is 22.6. The van der Waals surface area contributed by atoms with Gasteiger partial charge in [0.05, 0.1) is 59.5 Å². The van der Waals surface area contributed by atoms with E-state index in [4.69, 9.17) is 85.3 Å². The van der Waals surface area contributed by atoms with Crippen LogP contribution in [-0.2, 0) is 58.9 Å². The molecule has 13 fully saturated rings. The Hall–Kier alpha value is -4.50. The fourth-order valence-corrected chi connectivity index (χ4v) is 12.4. The Labute approximate surface area is 423 Å². The summed E-state index contributed by atoms with van der Waals surface area (Å²) >= 11 is 0. The average molecular weight is 1010 g/mol. The molecule has 18 nitrogen and oxygen atoms in total. The van der Waals surface area contributed by atoms with Crippen molar-refractivity contribution in [3.05, 3.63) is 53.1 Å². The van der Waals surface area contributed by atoms with E-state index in [0.29, 0.717) is 153 Å². The van der Waals surface area contributed by atoms with Crippen molar-refractivity contribution in [2.45, 2.75) is 110 Å². The van der Waals surface area contributed by atoms with E-state index in [1.54, 1.807) is 0 Å². The number of hydrogen-bond acceptors (Lipinski definition) is 18. The number of rotatable bonds is 30. The van der Waals surface area contributed by atoms with E-state index in [1.807, 2.05) is 0 Å². The van der Waals surface area contributed by atoms with Gasteiger partial charge in [0.1, 0.15) is 132 Å². The Morgan fingerprint density at radius 1 is 0.274 bits per heavy atom. The minimum Gasteiger partial charge on any atom is -0.490 e. The van der Waals surface area contributed by atoms with Crippen molar-refractivity contribution >= 4 is 0 Å². The molecule has 0 amide bonds. The number of hydrogen-bond donors (Lipinski definition) is 0. The molecule has 4 saturated carbocycles. The van der Waals surface area contributed by atoms with Crippen LogP contribution in [0.25, 0.3) is 0 Å². The molecule has 4 aliphatic carbocycles. The largest absolute Gasteiger partial charge is 0.490 e. The smallest absolute Gasteiger partial charge is 0.165 e. The molecule has 392 valence electrons. The summed E-state index contributed by atoms with van der Waals surface area (Å²) < 4.78 is 112. The van der Waals surface area contributed by atoms with E-state index < -0.39 is 16.2 Å². The van der Waals surface area contributed by atoms with E-state index in [0.717, 1.165) is 72.5 Å². The van der Waals surface area contributed by atoms with Crippen LogP contribution < -0.4 is 42.6 Å². The van der Waals surface area contributed by atoms with Gasteiger partial charge in [0.15, 0.2) is 34.5 Å². The monoisotopic (exact) mass is 1010 g/mol. The lowest BCUT2D eigenvalue weighted by atomic mass is 9.36. The number of benzene rings is 3. The van der Waals surface area contributed by atoms with E-state index >= 15 is 0 Å². The summed E-state index contributed by atoms with van der Waals surface area (Å²) in [4.78, 5) is 0. The maximum Gasteiger partial charge on any atom is 0.165 e. The highest BCUT2D eigenvalue weighted by atomic mass is 16.6. The Balaban J connectivity index is 0.903. The highest BCUT2D eigenvalue weighted by Gasteiger charge is 2.66. The molecule has 9 aliphatic heterocycles. The molecule has 0 N–H and O–H groups in total. The molecule has 4 bridgehead atoms. The van der Waals surface area contributed by atoms with Crippen molar-refractivity contribution in [1.82, 2.24) is 0 Å². The summed E-state index contributed by atoms with van der Waals surface area (Å²) in [5.41, 5.74) is 1.91. The zero-order valence-electron chi connectivity index (χ0n) is 41.1. The van der Waals surface area contributed by atoms with Gasteiger partial charge in [-0.25, -0.2) is 0 Å². The topological polar surface area (TPSA) is 196 Å². The molecule has 0 radical (unpaired) electrons. The molecule has 16 rings (SSSR count). The molecular weight excluding hydrogens is 949 g/mol. The summed E-state index contributed by atoms with van der Waals surface area (Å²) in [6.45, 7) is 9.77. The van der Waals surface area contributed by atoms with Crippen molar-refractivity contribution in [2.75, 3.05) is 119 Å². The van der Waals surface area contributed by atoms with Crippen molar-refractivity contribution < 1.29 is 85.3 Å². The first-order valence-electron chi connectivity index (χ1n) is 26.6. The van der Waals surface area contributed by atoms with Crippen molar-refractivity contribution in [3.8, 4) is 51.7 Å². The highest BCUT2D eigenvalue weighted by Crippen LogP contribution is 2.73. The summed E-state index contributed by atoms with van der Waals surface area (Å²) in [6, 6.07) is 12.8. The Morgan fingerprint density at radius 2 is 0.452 bits per heavy atom. The van der Waals surface area contributed by atoms with Gasteiger partial charge >= 0.3 is 0 Å². The van der Waals surface area contributed by atoms with Crippen LogP contribution in [-0.4, -0.2) is 174 Å². The minimum atomic E-state index is -0.456. The molecular formula is C55H64O18. The molecule has 9 heterocycles. The van der Waals surface area contributed by atoms with Gasteiger partial charge in [-0.05, 0) is 62.6 Å². The second-order valence-corrected chi connectivity index (χ2v) is 22.6. The van der Waals surface area contributed by atoms with Crippen molar-refractivity contribution in [2.24, 2.45) is 5.92 Å². The molecule has 9 saturated heterocycles. The van der Waals surface area contributed by atoms with E-state index in [2.05, 4.69) is 36.4 Å². The standard InChI is InChI=1S/C55H64O18/c1-41(44(65-19-32-10-56-32)4-50(71-25-38-16-62-38)47(1)68-22-35-13-59-35)53-7-31-8-54(28-53,42-2-48(69-23-36-14-60-36)51(72-26-39-17-63-39)5-45(42)66-20-33-11-57-33)30-55(9-31,29-53)43-3-49(70-24-37-15-61-37)52(73-27-40-18-64-40)6-46(43)67-21-34-12-58-34/h1-6,31-40H,7-30H2. The van der Waals surface area contributed by atoms with Crippen LogP contribution in [0.2, 0.25) is 0 Å². The normalized spacial score (nSPS) is 36.7. The molecule has 73 heavy (non-hydrogen) atoms. The van der Waals surface area contributed by atoms with Gasteiger partial charge in [-0.1, -0.05) is 0 Å². The summed E-state index contributed by atoms with van der Waals surface area (Å²) in [7, 11) is 0.